The van der Waals surface area contributed by atoms with Crippen LogP contribution in [0.1, 0.15) is 71.7 Å². The first-order chi connectivity index (χ1) is 9.43. The van der Waals surface area contributed by atoms with Crippen LogP contribution in [-0.2, 0) is 6.54 Å². The number of nitrogens with zero attached hydrogens (tertiary/aromatic N) is 2. The number of imidazole rings is 1. The molecule has 1 aliphatic carbocycles. The minimum atomic E-state index is -0.391. The van der Waals surface area contributed by atoms with Crippen LogP contribution in [0, 0.1) is 17.3 Å². The summed E-state index contributed by atoms with van der Waals surface area (Å²) in [6.45, 7) is 10.1. The van der Waals surface area contributed by atoms with Crippen LogP contribution in [-0.4, -0.2) is 14.7 Å². The van der Waals surface area contributed by atoms with Crippen molar-refractivity contribution in [2.24, 2.45) is 17.3 Å². The first kappa shape index (κ1) is 15.6. The Morgan fingerprint density at radius 3 is 2.50 bits per heavy atom. The molecule has 1 aromatic rings. The quantitative estimate of drug-likeness (QED) is 0.897. The lowest BCUT2D eigenvalue weighted by Gasteiger charge is -2.38. The molecule has 1 N–H and O–H groups in total. The predicted molar refractivity (Wildman–Crippen MR) is 82.4 cm³/mol. The molecule has 0 radical (unpaired) electrons. The Labute approximate surface area is 123 Å². The third-order valence-electron chi connectivity index (χ3n) is 4.92. The third kappa shape index (κ3) is 3.43. The van der Waals surface area contributed by atoms with Crippen molar-refractivity contribution in [3.05, 3.63) is 18.2 Å². The summed E-state index contributed by atoms with van der Waals surface area (Å²) >= 11 is 0. The Hall–Kier alpha value is -0.830. The molecule has 3 nitrogen and oxygen atoms in total. The summed E-state index contributed by atoms with van der Waals surface area (Å²) in [5.74, 6) is 2.04. The van der Waals surface area contributed by atoms with E-state index in [4.69, 9.17) is 0 Å². The van der Waals surface area contributed by atoms with Gasteiger partial charge in [-0.15, -0.1) is 0 Å². The Kier molecular flexibility index (Phi) is 4.90. The van der Waals surface area contributed by atoms with E-state index in [-0.39, 0.29) is 0 Å². The molecule has 1 heterocycles. The maximum Gasteiger partial charge on any atom is 0.137 e. The summed E-state index contributed by atoms with van der Waals surface area (Å²) in [7, 11) is 0. The van der Waals surface area contributed by atoms with Gasteiger partial charge in [0.15, 0.2) is 0 Å². The number of aromatic nitrogens is 2. The van der Waals surface area contributed by atoms with E-state index in [1.165, 1.54) is 12.8 Å². The third-order valence-corrected chi connectivity index (χ3v) is 4.92. The number of rotatable bonds is 4. The Morgan fingerprint density at radius 2 is 1.95 bits per heavy atom. The lowest BCUT2D eigenvalue weighted by atomic mass is 9.69. The average molecular weight is 278 g/mol. The van der Waals surface area contributed by atoms with Gasteiger partial charge in [-0.2, -0.15) is 0 Å². The molecule has 114 valence electrons. The van der Waals surface area contributed by atoms with E-state index in [1.807, 2.05) is 12.4 Å². The molecular formula is C17H30N2O. The average Bonchev–Trinajstić information content (AvgIpc) is 2.86. The fraction of sp³-hybridized carbons (Fsp3) is 0.824. The topological polar surface area (TPSA) is 38.0 Å². The lowest BCUT2D eigenvalue weighted by Crippen LogP contribution is -2.29. The standard InChI is InChI=1S/C17H30N2O/c1-5-11-19-12-10-18-16(19)15(20)13-6-8-14(9-7-13)17(2,3)4/h10,12-15,20H,5-9,11H2,1-4H3. The fourth-order valence-corrected chi connectivity index (χ4v) is 3.53. The molecule has 1 unspecified atom stereocenters. The molecule has 0 saturated heterocycles. The number of aliphatic hydroxyl groups is 1. The molecule has 1 fully saturated rings. The molecule has 0 aromatic carbocycles. The normalized spacial score (nSPS) is 25.6. The molecule has 0 bridgehead atoms. The van der Waals surface area contributed by atoms with Crippen LogP contribution in [0.2, 0.25) is 0 Å². The van der Waals surface area contributed by atoms with E-state index < -0.39 is 6.10 Å². The van der Waals surface area contributed by atoms with Crippen LogP contribution >= 0.6 is 0 Å². The SMILES string of the molecule is CCCn1ccnc1C(O)C1CCC(C(C)(C)C)CC1. The van der Waals surface area contributed by atoms with Crippen LogP contribution < -0.4 is 0 Å². The van der Waals surface area contributed by atoms with Crippen molar-refractivity contribution < 1.29 is 5.11 Å². The summed E-state index contributed by atoms with van der Waals surface area (Å²) in [6, 6.07) is 0. The highest BCUT2D eigenvalue weighted by molar-refractivity contribution is 4.99. The molecule has 20 heavy (non-hydrogen) atoms. The summed E-state index contributed by atoms with van der Waals surface area (Å²) in [4.78, 5) is 4.39. The van der Waals surface area contributed by atoms with E-state index in [0.29, 0.717) is 11.3 Å². The highest BCUT2D eigenvalue weighted by Crippen LogP contribution is 2.43. The van der Waals surface area contributed by atoms with Gasteiger partial charge in [-0.3, -0.25) is 0 Å². The monoisotopic (exact) mass is 278 g/mol. The molecule has 0 amide bonds. The smallest absolute Gasteiger partial charge is 0.137 e. The molecule has 1 atom stereocenters. The maximum absolute atomic E-state index is 10.6. The zero-order valence-corrected chi connectivity index (χ0v) is 13.5. The van der Waals surface area contributed by atoms with Gasteiger partial charge in [0, 0.05) is 18.9 Å². The van der Waals surface area contributed by atoms with E-state index in [2.05, 4.69) is 37.2 Å². The maximum atomic E-state index is 10.6. The van der Waals surface area contributed by atoms with E-state index in [1.54, 1.807) is 0 Å². The van der Waals surface area contributed by atoms with Crippen molar-refractivity contribution >= 4 is 0 Å². The number of aliphatic hydroxyl groups excluding tert-OH is 1. The van der Waals surface area contributed by atoms with Gasteiger partial charge in [0.1, 0.15) is 11.9 Å². The Bertz CT molecular complexity index is 411. The van der Waals surface area contributed by atoms with E-state index in [0.717, 1.165) is 37.5 Å². The van der Waals surface area contributed by atoms with Gasteiger partial charge in [0.05, 0.1) is 0 Å². The van der Waals surface area contributed by atoms with Crippen molar-refractivity contribution in [2.45, 2.75) is 72.4 Å². The summed E-state index contributed by atoms with van der Waals surface area (Å²) in [5, 5.41) is 10.6. The highest BCUT2D eigenvalue weighted by atomic mass is 16.3. The van der Waals surface area contributed by atoms with Crippen molar-refractivity contribution in [3.63, 3.8) is 0 Å². The predicted octanol–water partition coefficient (Wildman–Crippen LogP) is 4.18. The first-order valence-corrected chi connectivity index (χ1v) is 8.12. The molecule has 2 rings (SSSR count). The van der Waals surface area contributed by atoms with Crippen LogP contribution in [0.25, 0.3) is 0 Å². The molecular weight excluding hydrogens is 248 g/mol. The lowest BCUT2D eigenvalue weighted by molar-refractivity contribution is 0.0451. The van der Waals surface area contributed by atoms with Crippen molar-refractivity contribution in [2.75, 3.05) is 0 Å². The second-order valence-corrected chi connectivity index (χ2v) is 7.40. The van der Waals surface area contributed by atoms with Crippen LogP contribution in [0.4, 0.5) is 0 Å². The van der Waals surface area contributed by atoms with Crippen LogP contribution in [0.15, 0.2) is 12.4 Å². The van der Waals surface area contributed by atoms with Crippen LogP contribution in [0.5, 0.6) is 0 Å². The zero-order valence-electron chi connectivity index (χ0n) is 13.5. The summed E-state index contributed by atoms with van der Waals surface area (Å²) in [5.41, 5.74) is 0.399. The summed E-state index contributed by atoms with van der Waals surface area (Å²) < 4.78 is 2.11. The minimum Gasteiger partial charge on any atom is -0.385 e. The molecule has 1 saturated carbocycles. The number of hydrogen-bond donors (Lipinski definition) is 1. The molecule has 0 aliphatic heterocycles. The van der Waals surface area contributed by atoms with Crippen LogP contribution in [0.3, 0.4) is 0 Å². The Morgan fingerprint density at radius 1 is 1.30 bits per heavy atom. The minimum absolute atomic E-state index is 0.381. The van der Waals surface area contributed by atoms with E-state index in [9.17, 15) is 5.11 Å². The molecule has 3 heteroatoms. The molecule has 1 aliphatic rings. The van der Waals surface area contributed by atoms with Gasteiger partial charge < -0.3 is 9.67 Å². The first-order valence-electron chi connectivity index (χ1n) is 8.12. The van der Waals surface area contributed by atoms with Gasteiger partial charge in [-0.05, 0) is 49.4 Å². The van der Waals surface area contributed by atoms with Crippen molar-refractivity contribution in [3.8, 4) is 0 Å². The van der Waals surface area contributed by atoms with Crippen molar-refractivity contribution in [1.29, 1.82) is 0 Å². The molecule has 1 aromatic heterocycles. The van der Waals surface area contributed by atoms with Gasteiger partial charge >= 0.3 is 0 Å². The number of hydrogen-bond acceptors (Lipinski definition) is 2. The van der Waals surface area contributed by atoms with Gasteiger partial charge in [-0.25, -0.2) is 4.98 Å². The Balaban J connectivity index is 1.98. The summed E-state index contributed by atoms with van der Waals surface area (Å²) in [6.07, 6.45) is 9.21. The molecule has 0 spiro atoms. The van der Waals surface area contributed by atoms with Gasteiger partial charge in [0.25, 0.3) is 0 Å². The second kappa shape index (κ2) is 6.30. The highest BCUT2D eigenvalue weighted by Gasteiger charge is 2.33. The van der Waals surface area contributed by atoms with Gasteiger partial charge in [0.2, 0.25) is 0 Å². The van der Waals surface area contributed by atoms with E-state index >= 15 is 0 Å². The fourth-order valence-electron chi connectivity index (χ4n) is 3.53. The zero-order chi connectivity index (χ0) is 14.8. The number of aryl methyl sites for hydroxylation is 1. The largest absolute Gasteiger partial charge is 0.385 e. The van der Waals surface area contributed by atoms with Crippen molar-refractivity contribution in [1.82, 2.24) is 9.55 Å². The second-order valence-electron chi connectivity index (χ2n) is 7.40. The van der Waals surface area contributed by atoms with Gasteiger partial charge in [-0.1, -0.05) is 27.7 Å².